The van der Waals surface area contributed by atoms with Crippen LogP contribution in [-0.2, 0) is 6.18 Å². The van der Waals surface area contributed by atoms with Crippen molar-refractivity contribution in [3.05, 3.63) is 41.2 Å². The molecule has 0 unspecified atom stereocenters. The van der Waals surface area contributed by atoms with Gasteiger partial charge in [0.25, 0.3) is 0 Å². The van der Waals surface area contributed by atoms with Crippen molar-refractivity contribution in [3.63, 3.8) is 0 Å². The molecule has 2 aromatic rings. The molecule has 0 saturated carbocycles. The van der Waals surface area contributed by atoms with Crippen LogP contribution < -0.4 is 5.32 Å². The van der Waals surface area contributed by atoms with Gasteiger partial charge < -0.3 is 5.32 Å². The Balaban J connectivity index is 2.34. The summed E-state index contributed by atoms with van der Waals surface area (Å²) in [5.74, 6) is 0.499. The average molecular weight is 318 g/mol. The fourth-order valence-corrected chi connectivity index (χ4v) is 2.13. The van der Waals surface area contributed by atoms with E-state index in [0.29, 0.717) is 18.2 Å². The summed E-state index contributed by atoms with van der Waals surface area (Å²) in [6, 6.07) is 3.44. The molecule has 0 radical (unpaired) electrons. The second-order valence-electron chi connectivity index (χ2n) is 4.60. The molecule has 0 aliphatic rings. The van der Waals surface area contributed by atoms with Gasteiger partial charge >= 0.3 is 6.18 Å². The zero-order valence-electron chi connectivity index (χ0n) is 11.4. The van der Waals surface area contributed by atoms with E-state index in [9.17, 15) is 13.2 Å². The Labute approximate surface area is 125 Å². The summed E-state index contributed by atoms with van der Waals surface area (Å²) in [4.78, 5) is 4.11. The van der Waals surface area contributed by atoms with Crippen LogP contribution in [0.2, 0.25) is 5.02 Å². The number of aromatic nitrogens is 2. The second kappa shape index (κ2) is 6.39. The van der Waals surface area contributed by atoms with Gasteiger partial charge in [-0.25, -0.2) is 4.98 Å². The van der Waals surface area contributed by atoms with E-state index in [-0.39, 0.29) is 5.02 Å². The minimum atomic E-state index is -4.43. The van der Waals surface area contributed by atoms with Crippen molar-refractivity contribution in [1.82, 2.24) is 9.55 Å². The molecule has 0 saturated heterocycles. The minimum absolute atomic E-state index is 0.0352. The molecule has 0 atom stereocenters. The fourth-order valence-electron chi connectivity index (χ4n) is 1.90. The molecule has 2 rings (SSSR count). The predicted octanol–water partition coefficient (Wildman–Crippen LogP) is 4.76. The topological polar surface area (TPSA) is 29.9 Å². The van der Waals surface area contributed by atoms with Crippen LogP contribution in [0.5, 0.6) is 0 Å². The zero-order valence-corrected chi connectivity index (χ0v) is 12.2. The Kier molecular flexibility index (Phi) is 4.77. The first kappa shape index (κ1) is 15.7. The van der Waals surface area contributed by atoms with Gasteiger partial charge in [0, 0.05) is 24.0 Å². The third-order valence-electron chi connectivity index (χ3n) is 2.94. The van der Waals surface area contributed by atoms with Gasteiger partial charge in [0.1, 0.15) is 0 Å². The molecular weight excluding hydrogens is 303 g/mol. The molecule has 3 nitrogen and oxygen atoms in total. The van der Waals surface area contributed by atoms with E-state index in [2.05, 4.69) is 17.2 Å². The monoisotopic (exact) mass is 317 g/mol. The predicted molar refractivity (Wildman–Crippen MR) is 77.0 cm³/mol. The molecule has 1 N–H and O–H groups in total. The highest BCUT2D eigenvalue weighted by Gasteiger charge is 2.31. The third-order valence-corrected chi connectivity index (χ3v) is 3.16. The van der Waals surface area contributed by atoms with Gasteiger partial charge in [0.05, 0.1) is 11.3 Å². The van der Waals surface area contributed by atoms with Crippen molar-refractivity contribution < 1.29 is 13.2 Å². The largest absolute Gasteiger partial charge is 0.416 e. The summed E-state index contributed by atoms with van der Waals surface area (Å²) in [5.41, 5.74) is -0.454. The molecule has 7 heteroatoms. The lowest BCUT2D eigenvalue weighted by Gasteiger charge is -2.13. The lowest BCUT2D eigenvalue weighted by atomic mass is 10.2. The van der Waals surface area contributed by atoms with E-state index >= 15 is 0 Å². The van der Waals surface area contributed by atoms with Crippen molar-refractivity contribution >= 4 is 17.5 Å². The van der Waals surface area contributed by atoms with Crippen molar-refractivity contribution in [3.8, 4) is 5.69 Å². The number of halogens is 4. The lowest BCUT2D eigenvalue weighted by molar-refractivity contribution is -0.137. The Morgan fingerprint density at radius 1 is 1.29 bits per heavy atom. The lowest BCUT2D eigenvalue weighted by Crippen LogP contribution is -2.09. The second-order valence-corrected chi connectivity index (χ2v) is 5.03. The molecule has 0 aliphatic carbocycles. The smallest absolute Gasteiger partial charge is 0.355 e. The third kappa shape index (κ3) is 3.91. The van der Waals surface area contributed by atoms with Crippen LogP contribution in [0.25, 0.3) is 5.69 Å². The van der Waals surface area contributed by atoms with Crippen LogP contribution in [0.3, 0.4) is 0 Å². The quantitative estimate of drug-likeness (QED) is 0.806. The number of anilines is 1. The molecular formula is C14H15ClF3N3. The number of hydrogen-bond acceptors (Lipinski definition) is 2. The highest BCUT2D eigenvalue weighted by atomic mass is 35.5. The normalized spacial score (nSPS) is 11.7. The molecule has 1 aromatic carbocycles. The number of alkyl halides is 3. The van der Waals surface area contributed by atoms with Crippen molar-refractivity contribution in [2.45, 2.75) is 25.9 Å². The standard InChI is InChI=1S/C14H15ClF3N3/c1-2-3-4-19-13-20-5-6-21(13)12-8-10(14(16,17)18)7-11(15)9-12/h5-9H,2-4H2,1H3,(H,19,20). The zero-order chi connectivity index (χ0) is 15.5. The van der Waals surface area contributed by atoms with Crippen LogP contribution in [-0.4, -0.2) is 16.1 Å². The first-order valence-corrected chi connectivity index (χ1v) is 6.95. The van der Waals surface area contributed by atoms with Crippen molar-refractivity contribution in [2.24, 2.45) is 0 Å². The maximum atomic E-state index is 12.8. The number of rotatable bonds is 5. The van der Waals surface area contributed by atoms with Crippen molar-refractivity contribution in [1.29, 1.82) is 0 Å². The average Bonchev–Trinajstić information content (AvgIpc) is 2.86. The molecule has 0 amide bonds. The van der Waals surface area contributed by atoms with E-state index in [1.807, 2.05) is 0 Å². The van der Waals surface area contributed by atoms with Crippen LogP contribution in [0.15, 0.2) is 30.6 Å². The number of imidazole rings is 1. The summed E-state index contributed by atoms with van der Waals surface area (Å²) < 4.78 is 40.1. The van der Waals surface area contributed by atoms with Gasteiger partial charge in [-0.15, -0.1) is 0 Å². The number of benzene rings is 1. The summed E-state index contributed by atoms with van der Waals surface area (Å²) >= 11 is 5.80. The Morgan fingerprint density at radius 2 is 2.05 bits per heavy atom. The van der Waals surface area contributed by atoms with E-state index in [1.54, 1.807) is 10.8 Å². The maximum Gasteiger partial charge on any atom is 0.416 e. The minimum Gasteiger partial charge on any atom is -0.355 e. The van der Waals surface area contributed by atoms with Gasteiger partial charge in [0.2, 0.25) is 5.95 Å². The van der Waals surface area contributed by atoms with E-state index in [1.165, 1.54) is 12.3 Å². The van der Waals surface area contributed by atoms with E-state index < -0.39 is 11.7 Å². The SMILES string of the molecule is CCCCNc1nccn1-c1cc(Cl)cc(C(F)(F)F)c1. The summed E-state index contributed by atoms with van der Waals surface area (Å²) in [7, 11) is 0. The Morgan fingerprint density at radius 3 is 2.71 bits per heavy atom. The summed E-state index contributed by atoms with van der Waals surface area (Å²) in [6.45, 7) is 2.76. The molecule has 114 valence electrons. The first-order valence-electron chi connectivity index (χ1n) is 6.57. The maximum absolute atomic E-state index is 12.8. The molecule has 1 heterocycles. The van der Waals surface area contributed by atoms with Crippen LogP contribution in [0.1, 0.15) is 25.3 Å². The molecule has 0 fully saturated rings. The Hall–Kier alpha value is -1.69. The van der Waals surface area contributed by atoms with E-state index in [0.717, 1.165) is 25.0 Å². The van der Waals surface area contributed by atoms with Crippen LogP contribution in [0, 0.1) is 0 Å². The number of unbranched alkanes of at least 4 members (excludes halogenated alkanes) is 1. The number of nitrogens with zero attached hydrogens (tertiary/aromatic N) is 2. The van der Waals surface area contributed by atoms with Gasteiger partial charge in [0.15, 0.2) is 0 Å². The van der Waals surface area contributed by atoms with E-state index in [4.69, 9.17) is 11.6 Å². The summed E-state index contributed by atoms with van der Waals surface area (Å²) in [5, 5.41) is 3.13. The van der Waals surface area contributed by atoms with Crippen LogP contribution in [0.4, 0.5) is 19.1 Å². The first-order chi connectivity index (χ1) is 9.91. The number of nitrogens with one attached hydrogen (secondary N) is 1. The summed E-state index contributed by atoms with van der Waals surface area (Å²) in [6.07, 6.45) is 0.665. The van der Waals surface area contributed by atoms with Crippen LogP contribution >= 0.6 is 11.6 Å². The Bertz CT molecular complexity index is 608. The van der Waals surface area contributed by atoms with Gasteiger partial charge in [-0.05, 0) is 24.6 Å². The molecule has 0 aliphatic heterocycles. The highest BCUT2D eigenvalue weighted by Crippen LogP contribution is 2.33. The van der Waals surface area contributed by atoms with Crippen molar-refractivity contribution in [2.75, 3.05) is 11.9 Å². The molecule has 21 heavy (non-hydrogen) atoms. The van der Waals surface area contributed by atoms with Gasteiger partial charge in [-0.1, -0.05) is 24.9 Å². The highest BCUT2D eigenvalue weighted by molar-refractivity contribution is 6.30. The van der Waals surface area contributed by atoms with Gasteiger partial charge in [-0.3, -0.25) is 4.57 Å². The molecule has 0 bridgehead atoms. The number of hydrogen-bond donors (Lipinski definition) is 1. The molecule has 1 aromatic heterocycles. The molecule has 0 spiro atoms. The van der Waals surface area contributed by atoms with Gasteiger partial charge in [-0.2, -0.15) is 13.2 Å². The fraction of sp³-hybridized carbons (Fsp3) is 0.357.